The lowest BCUT2D eigenvalue weighted by molar-refractivity contribution is -0.0116. The molecule has 1 rings (SSSR count). The summed E-state index contributed by atoms with van der Waals surface area (Å²) in [7, 11) is 0. The highest BCUT2D eigenvalue weighted by atomic mass is 16.5. The molecule has 0 aromatic heterocycles. The number of rotatable bonds is 5. The minimum Gasteiger partial charge on any atom is -0.390 e. The average Bonchev–Trinajstić information content (AvgIpc) is 2.56. The summed E-state index contributed by atoms with van der Waals surface area (Å²) in [4.78, 5) is 0. The fourth-order valence-corrected chi connectivity index (χ4v) is 1.75. The number of hydrogen-bond acceptors (Lipinski definition) is 3. The Balaban J connectivity index is 2.26. The van der Waals surface area contributed by atoms with E-state index in [4.69, 9.17) is 4.74 Å². The summed E-state index contributed by atoms with van der Waals surface area (Å²) >= 11 is 0. The largest absolute Gasteiger partial charge is 0.390 e. The molecule has 0 spiro atoms. The van der Waals surface area contributed by atoms with Gasteiger partial charge in [-0.1, -0.05) is 6.92 Å². The van der Waals surface area contributed by atoms with Crippen LogP contribution in [0.5, 0.6) is 0 Å². The molecule has 3 nitrogen and oxygen atoms in total. The van der Waals surface area contributed by atoms with E-state index in [1.54, 1.807) is 0 Å². The smallest absolute Gasteiger partial charge is 0.0682 e. The summed E-state index contributed by atoms with van der Waals surface area (Å²) in [6, 6.07) is 0. The number of hydrogen-bond donors (Lipinski definition) is 2. The van der Waals surface area contributed by atoms with E-state index in [9.17, 15) is 5.11 Å². The van der Waals surface area contributed by atoms with Crippen molar-refractivity contribution in [2.45, 2.75) is 32.3 Å². The van der Waals surface area contributed by atoms with Gasteiger partial charge in [-0.05, 0) is 32.9 Å². The summed E-state index contributed by atoms with van der Waals surface area (Å²) in [5.41, 5.74) is -0.557. The van der Waals surface area contributed by atoms with Crippen LogP contribution in [0, 0.1) is 5.92 Å². The van der Waals surface area contributed by atoms with Gasteiger partial charge < -0.3 is 15.2 Å². The normalized spacial score (nSPS) is 27.5. The summed E-state index contributed by atoms with van der Waals surface area (Å²) in [5.74, 6) is 0.325. The van der Waals surface area contributed by atoms with E-state index in [1.807, 2.05) is 6.92 Å². The lowest BCUT2D eigenvalue weighted by Crippen LogP contribution is -2.38. The van der Waals surface area contributed by atoms with Gasteiger partial charge in [-0.3, -0.25) is 0 Å². The summed E-state index contributed by atoms with van der Waals surface area (Å²) in [6.45, 7) is 7.38. The van der Waals surface area contributed by atoms with Crippen LogP contribution >= 0.6 is 0 Å². The second-order valence-electron chi connectivity index (χ2n) is 4.02. The van der Waals surface area contributed by atoms with Gasteiger partial charge in [0.25, 0.3) is 0 Å². The highest BCUT2D eigenvalue weighted by molar-refractivity contribution is 4.84. The Hall–Kier alpha value is -0.120. The van der Waals surface area contributed by atoms with Crippen LogP contribution in [0.4, 0.5) is 0 Å². The van der Waals surface area contributed by atoms with Gasteiger partial charge in [0.05, 0.1) is 12.2 Å². The van der Waals surface area contributed by atoms with Crippen LogP contribution in [0.1, 0.15) is 26.7 Å². The number of nitrogens with one attached hydrogen (secondary N) is 1. The first-order valence-electron chi connectivity index (χ1n) is 5.17. The molecule has 1 heterocycles. The van der Waals surface area contributed by atoms with Crippen molar-refractivity contribution in [3.8, 4) is 0 Å². The van der Waals surface area contributed by atoms with Crippen molar-refractivity contribution in [1.29, 1.82) is 0 Å². The minimum atomic E-state index is -0.557. The third-order valence-electron chi connectivity index (χ3n) is 2.87. The van der Waals surface area contributed by atoms with E-state index < -0.39 is 5.60 Å². The topological polar surface area (TPSA) is 41.5 Å². The molecule has 2 N–H and O–H groups in total. The summed E-state index contributed by atoms with van der Waals surface area (Å²) in [5, 5.41) is 13.3. The monoisotopic (exact) mass is 187 g/mol. The molecular weight excluding hydrogens is 166 g/mol. The van der Waals surface area contributed by atoms with Crippen molar-refractivity contribution in [1.82, 2.24) is 5.32 Å². The van der Waals surface area contributed by atoms with Gasteiger partial charge in [0.15, 0.2) is 0 Å². The third-order valence-corrected chi connectivity index (χ3v) is 2.87. The Morgan fingerprint density at radius 3 is 2.92 bits per heavy atom. The fraction of sp³-hybridized carbons (Fsp3) is 1.00. The SMILES string of the molecule is CCNCCC(C)(O)C1CCOC1. The molecule has 2 unspecified atom stereocenters. The molecule has 0 radical (unpaired) electrons. The molecule has 2 atom stereocenters. The van der Waals surface area contributed by atoms with Gasteiger partial charge >= 0.3 is 0 Å². The zero-order chi connectivity index (χ0) is 9.73. The fourth-order valence-electron chi connectivity index (χ4n) is 1.75. The molecule has 0 bridgehead atoms. The van der Waals surface area contributed by atoms with Crippen LogP contribution in [-0.4, -0.2) is 37.0 Å². The first-order chi connectivity index (χ1) is 6.17. The standard InChI is InChI=1S/C10H21NO2/c1-3-11-6-5-10(2,12)9-4-7-13-8-9/h9,11-12H,3-8H2,1-2H3. The molecule has 0 amide bonds. The first-order valence-corrected chi connectivity index (χ1v) is 5.17. The van der Waals surface area contributed by atoms with Crippen LogP contribution in [0.25, 0.3) is 0 Å². The van der Waals surface area contributed by atoms with Crippen molar-refractivity contribution >= 4 is 0 Å². The second-order valence-corrected chi connectivity index (χ2v) is 4.02. The van der Waals surface area contributed by atoms with Crippen LogP contribution in [0.2, 0.25) is 0 Å². The molecule has 1 aliphatic heterocycles. The Morgan fingerprint density at radius 2 is 2.38 bits per heavy atom. The van der Waals surface area contributed by atoms with Crippen molar-refractivity contribution < 1.29 is 9.84 Å². The summed E-state index contributed by atoms with van der Waals surface area (Å²) in [6.07, 6.45) is 1.81. The molecule has 0 aliphatic carbocycles. The van der Waals surface area contributed by atoms with Gasteiger partial charge in [-0.15, -0.1) is 0 Å². The molecule has 0 aromatic rings. The Labute approximate surface area is 80.5 Å². The van der Waals surface area contributed by atoms with Crippen LogP contribution in [-0.2, 0) is 4.74 Å². The van der Waals surface area contributed by atoms with Crippen LogP contribution < -0.4 is 5.32 Å². The zero-order valence-corrected chi connectivity index (χ0v) is 8.68. The number of ether oxygens (including phenoxy) is 1. The van der Waals surface area contributed by atoms with Gasteiger partial charge in [-0.2, -0.15) is 0 Å². The van der Waals surface area contributed by atoms with Crippen LogP contribution in [0.15, 0.2) is 0 Å². The predicted molar refractivity (Wildman–Crippen MR) is 52.7 cm³/mol. The molecule has 1 fully saturated rings. The predicted octanol–water partition coefficient (Wildman–Crippen LogP) is 0.773. The van der Waals surface area contributed by atoms with Crippen LogP contribution in [0.3, 0.4) is 0 Å². The molecule has 1 saturated heterocycles. The van der Waals surface area contributed by atoms with Crippen molar-refractivity contribution in [3.05, 3.63) is 0 Å². The Kier molecular flexibility index (Phi) is 4.16. The van der Waals surface area contributed by atoms with Crippen molar-refractivity contribution in [3.63, 3.8) is 0 Å². The van der Waals surface area contributed by atoms with Crippen molar-refractivity contribution in [2.75, 3.05) is 26.3 Å². The summed E-state index contributed by atoms with van der Waals surface area (Å²) < 4.78 is 5.27. The second kappa shape index (κ2) is 4.94. The average molecular weight is 187 g/mol. The quantitative estimate of drug-likeness (QED) is 0.625. The van der Waals surface area contributed by atoms with Gasteiger partial charge in [0, 0.05) is 12.5 Å². The number of aliphatic hydroxyl groups is 1. The highest BCUT2D eigenvalue weighted by Gasteiger charge is 2.33. The maximum absolute atomic E-state index is 10.1. The molecule has 1 aliphatic rings. The van der Waals surface area contributed by atoms with Gasteiger partial charge in [-0.25, -0.2) is 0 Å². The molecule has 3 heteroatoms. The van der Waals surface area contributed by atoms with E-state index in [-0.39, 0.29) is 0 Å². The maximum Gasteiger partial charge on any atom is 0.0682 e. The van der Waals surface area contributed by atoms with E-state index >= 15 is 0 Å². The van der Waals surface area contributed by atoms with E-state index in [1.165, 1.54) is 0 Å². The van der Waals surface area contributed by atoms with E-state index in [2.05, 4.69) is 12.2 Å². The molecule has 13 heavy (non-hydrogen) atoms. The Bertz CT molecular complexity index is 142. The molecule has 0 saturated carbocycles. The van der Waals surface area contributed by atoms with Gasteiger partial charge in [0.2, 0.25) is 0 Å². The lowest BCUT2D eigenvalue weighted by Gasteiger charge is -2.29. The zero-order valence-electron chi connectivity index (χ0n) is 8.68. The van der Waals surface area contributed by atoms with E-state index in [0.717, 1.165) is 39.1 Å². The maximum atomic E-state index is 10.1. The van der Waals surface area contributed by atoms with Gasteiger partial charge in [0.1, 0.15) is 0 Å². The highest BCUT2D eigenvalue weighted by Crippen LogP contribution is 2.27. The Morgan fingerprint density at radius 1 is 1.62 bits per heavy atom. The molecule has 0 aromatic carbocycles. The van der Waals surface area contributed by atoms with E-state index in [0.29, 0.717) is 5.92 Å². The van der Waals surface area contributed by atoms with Crippen molar-refractivity contribution in [2.24, 2.45) is 5.92 Å². The third kappa shape index (κ3) is 3.25. The first kappa shape index (κ1) is 11.0. The lowest BCUT2D eigenvalue weighted by atomic mass is 9.86. The minimum absolute atomic E-state index is 0.325. The molecule has 78 valence electrons. The molecular formula is C10H21NO2.